The van der Waals surface area contributed by atoms with Crippen LogP contribution in [0.2, 0.25) is 0 Å². The highest BCUT2D eigenvalue weighted by atomic mass is 32.3. The van der Waals surface area contributed by atoms with Crippen molar-refractivity contribution < 1.29 is 26.7 Å². The summed E-state index contributed by atoms with van der Waals surface area (Å²) in [5, 5.41) is 0. The fourth-order valence-corrected chi connectivity index (χ4v) is 2.13. The van der Waals surface area contributed by atoms with E-state index in [0.717, 1.165) is 0 Å². The Bertz CT molecular complexity index is 752. The Kier molecular flexibility index (Phi) is 4.25. The van der Waals surface area contributed by atoms with E-state index in [9.17, 15) is 13.2 Å². The minimum absolute atomic E-state index is 0.129. The van der Waals surface area contributed by atoms with E-state index in [2.05, 4.69) is 4.18 Å². The molecular weight excluding hydrogens is 296 g/mol. The lowest BCUT2D eigenvalue weighted by Crippen LogP contribution is -2.09. The maximum absolute atomic E-state index is 12.4. The monoisotopic (exact) mass is 308 g/mol. The summed E-state index contributed by atoms with van der Waals surface area (Å²) in [4.78, 5) is 12.4. The normalized spacial score (nSPS) is 11.0. The van der Waals surface area contributed by atoms with Gasteiger partial charge in [0.1, 0.15) is 11.5 Å². The number of methoxy groups -OCH3 is 1. The lowest BCUT2D eigenvalue weighted by atomic mass is 10.0. The molecule has 110 valence electrons. The van der Waals surface area contributed by atoms with Crippen molar-refractivity contribution in [2.75, 3.05) is 7.11 Å². The van der Waals surface area contributed by atoms with Crippen molar-refractivity contribution in [1.29, 1.82) is 0 Å². The van der Waals surface area contributed by atoms with Gasteiger partial charge in [-0.2, -0.15) is 8.42 Å². The summed E-state index contributed by atoms with van der Waals surface area (Å²) in [5.74, 6) is -0.266. The Morgan fingerprint density at radius 1 is 1.10 bits per heavy atom. The van der Waals surface area contributed by atoms with Gasteiger partial charge in [0.25, 0.3) is 0 Å². The average molecular weight is 308 g/mol. The van der Waals surface area contributed by atoms with Crippen LogP contribution in [-0.4, -0.2) is 25.9 Å². The number of carbonyl (C=O) groups is 1. The molecule has 1 N–H and O–H groups in total. The molecule has 0 fully saturated rings. The summed E-state index contributed by atoms with van der Waals surface area (Å²) in [6.07, 6.45) is 0. The Labute approximate surface area is 121 Å². The van der Waals surface area contributed by atoms with E-state index in [1.807, 2.05) is 0 Å². The lowest BCUT2D eigenvalue weighted by molar-refractivity contribution is 0.103. The third-order valence-corrected chi connectivity index (χ3v) is 3.06. The van der Waals surface area contributed by atoms with E-state index < -0.39 is 10.4 Å². The SMILES string of the molecule is COc1ccc(OS(=O)(=O)O)cc1C(=O)c1ccccc1. The number of hydrogen-bond donors (Lipinski definition) is 1. The first-order chi connectivity index (χ1) is 9.90. The van der Waals surface area contributed by atoms with E-state index in [1.165, 1.54) is 25.3 Å². The molecule has 2 aromatic rings. The number of rotatable bonds is 5. The third kappa shape index (κ3) is 3.80. The van der Waals surface area contributed by atoms with Crippen LogP contribution in [0.5, 0.6) is 11.5 Å². The highest BCUT2D eigenvalue weighted by Gasteiger charge is 2.17. The largest absolute Gasteiger partial charge is 0.496 e. The van der Waals surface area contributed by atoms with Crippen molar-refractivity contribution in [1.82, 2.24) is 0 Å². The molecule has 0 unspecified atom stereocenters. The van der Waals surface area contributed by atoms with Crippen LogP contribution in [0.15, 0.2) is 48.5 Å². The number of benzene rings is 2. The number of ether oxygens (including phenoxy) is 1. The second-order valence-corrected chi connectivity index (χ2v) is 5.09. The highest BCUT2D eigenvalue weighted by Crippen LogP contribution is 2.27. The van der Waals surface area contributed by atoms with Gasteiger partial charge in [-0.25, -0.2) is 0 Å². The molecule has 0 radical (unpaired) electrons. The Balaban J connectivity index is 2.46. The molecule has 0 atom stereocenters. The number of ketones is 1. The average Bonchev–Trinajstić information content (AvgIpc) is 2.45. The van der Waals surface area contributed by atoms with Crippen molar-refractivity contribution in [3.8, 4) is 11.5 Å². The van der Waals surface area contributed by atoms with Gasteiger partial charge in [-0.1, -0.05) is 30.3 Å². The van der Waals surface area contributed by atoms with E-state index in [-0.39, 0.29) is 22.8 Å². The standard InChI is InChI=1S/C14H12O6S/c1-19-13-8-7-11(20-21(16,17)18)9-12(13)14(15)10-5-3-2-4-6-10/h2-9H,1H3,(H,16,17,18). The van der Waals surface area contributed by atoms with Crippen LogP contribution in [0.3, 0.4) is 0 Å². The summed E-state index contributed by atoms with van der Waals surface area (Å²) < 4.78 is 39.6. The molecule has 2 rings (SSSR count). The molecule has 0 bridgehead atoms. The Morgan fingerprint density at radius 3 is 2.33 bits per heavy atom. The number of carbonyl (C=O) groups excluding carboxylic acids is 1. The van der Waals surface area contributed by atoms with Gasteiger partial charge in [-0.05, 0) is 18.2 Å². The molecule has 6 nitrogen and oxygen atoms in total. The topological polar surface area (TPSA) is 89.9 Å². The molecule has 21 heavy (non-hydrogen) atoms. The Morgan fingerprint density at radius 2 is 1.76 bits per heavy atom. The van der Waals surface area contributed by atoms with E-state index in [4.69, 9.17) is 9.29 Å². The lowest BCUT2D eigenvalue weighted by Gasteiger charge is -2.09. The minimum Gasteiger partial charge on any atom is -0.496 e. The molecule has 0 heterocycles. The van der Waals surface area contributed by atoms with Crippen LogP contribution in [0.25, 0.3) is 0 Å². The number of hydrogen-bond acceptors (Lipinski definition) is 5. The summed E-state index contributed by atoms with van der Waals surface area (Å²) in [6, 6.07) is 12.3. The zero-order chi connectivity index (χ0) is 15.5. The van der Waals surface area contributed by atoms with Crippen molar-refractivity contribution >= 4 is 16.2 Å². The fourth-order valence-electron chi connectivity index (χ4n) is 1.78. The second kappa shape index (κ2) is 5.94. The molecule has 0 aliphatic heterocycles. The third-order valence-electron chi connectivity index (χ3n) is 2.65. The molecule has 0 aliphatic rings. The van der Waals surface area contributed by atoms with Crippen LogP contribution in [-0.2, 0) is 10.4 Å². The summed E-state index contributed by atoms with van der Waals surface area (Å²) in [5.41, 5.74) is 0.546. The predicted octanol–water partition coefficient (Wildman–Crippen LogP) is 2.11. The molecule has 0 aromatic heterocycles. The summed E-state index contributed by atoms with van der Waals surface area (Å²) >= 11 is 0. The first-order valence-corrected chi connectivity index (χ1v) is 7.22. The van der Waals surface area contributed by atoms with Crippen LogP contribution in [0.4, 0.5) is 0 Å². The van der Waals surface area contributed by atoms with Gasteiger partial charge in [-0.3, -0.25) is 9.35 Å². The van der Waals surface area contributed by atoms with Crippen molar-refractivity contribution in [2.24, 2.45) is 0 Å². The molecule has 2 aromatic carbocycles. The fraction of sp³-hybridized carbons (Fsp3) is 0.0714. The van der Waals surface area contributed by atoms with Gasteiger partial charge >= 0.3 is 10.4 Å². The smallest absolute Gasteiger partial charge is 0.446 e. The van der Waals surface area contributed by atoms with Gasteiger partial charge in [-0.15, -0.1) is 0 Å². The van der Waals surface area contributed by atoms with Crippen LogP contribution >= 0.6 is 0 Å². The summed E-state index contributed by atoms with van der Waals surface area (Å²) in [7, 11) is -3.27. The second-order valence-electron chi connectivity index (χ2n) is 4.07. The predicted molar refractivity (Wildman–Crippen MR) is 75.0 cm³/mol. The molecule has 0 aliphatic carbocycles. The van der Waals surface area contributed by atoms with E-state index in [1.54, 1.807) is 30.3 Å². The van der Waals surface area contributed by atoms with Gasteiger partial charge in [0, 0.05) is 5.56 Å². The highest BCUT2D eigenvalue weighted by molar-refractivity contribution is 7.81. The molecule has 0 saturated carbocycles. The van der Waals surface area contributed by atoms with Crippen LogP contribution in [0.1, 0.15) is 15.9 Å². The van der Waals surface area contributed by atoms with Gasteiger partial charge in [0.15, 0.2) is 5.78 Å². The quantitative estimate of drug-likeness (QED) is 0.672. The van der Waals surface area contributed by atoms with Crippen LogP contribution in [0, 0.1) is 0 Å². The van der Waals surface area contributed by atoms with E-state index in [0.29, 0.717) is 5.56 Å². The molecule has 0 amide bonds. The summed E-state index contributed by atoms with van der Waals surface area (Å²) in [6.45, 7) is 0. The van der Waals surface area contributed by atoms with Gasteiger partial charge in [0.2, 0.25) is 0 Å². The molecular formula is C14H12O6S. The van der Waals surface area contributed by atoms with Crippen molar-refractivity contribution in [2.45, 2.75) is 0 Å². The zero-order valence-corrected chi connectivity index (χ0v) is 11.8. The maximum atomic E-state index is 12.4. The van der Waals surface area contributed by atoms with Crippen LogP contribution < -0.4 is 8.92 Å². The maximum Gasteiger partial charge on any atom is 0.446 e. The first-order valence-electron chi connectivity index (χ1n) is 5.85. The molecule has 0 saturated heterocycles. The van der Waals surface area contributed by atoms with Gasteiger partial charge in [0.05, 0.1) is 12.7 Å². The molecule has 7 heteroatoms. The van der Waals surface area contributed by atoms with E-state index >= 15 is 0 Å². The van der Waals surface area contributed by atoms with Crippen molar-refractivity contribution in [3.05, 3.63) is 59.7 Å². The van der Waals surface area contributed by atoms with Crippen molar-refractivity contribution in [3.63, 3.8) is 0 Å². The minimum atomic E-state index is -4.66. The zero-order valence-electron chi connectivity index (χ0n) is 11.0. The van der Waals surface area contributed by atoms with Gasteiger partial charge < -0.3 is 8.92 Å². The first kappa shape index (κ1) is 15.0. The molecule has 0 spiro atoms. The Hall–Kier alpha value is -2.38.